The molecule has 0 fully saturated rings. The lowest BCUT2D eigenvalue weighted by Crippen LogP contribution is -1.99. The number of rotatable bonds is 18. The molecule has 2 aromatic rings. The molecule has 0 spiro atoms. The van der Waals surface area contributed by atoms with Gasteiger partial charge in [0.15, 0.2) is 5.78 Å². The van der Waals surface area contributed by atoms with E-state index in [9.17, 15) is 9.59 Å². The number of carboxylic acid groups (broad SMARTS) is 1. The molecule has 194 valence electrons. The Morgan fingerprint density at radius 1 is 0.571 bits per heavy atom. The zero-order valence-electron chi connectivity index (χ0n) is 21.7. The van der Waals surface area contributed by atoms with Crippen LogP contribution in [0, 0.1) is 0 Å². The fraction of sp³-hybridized carbons (Fsp3) is 0.548. The highest BCUT2D eigenvalue weighted by Gasteiger charge is 2.07. The van der Waals surface area contributed by atoms with Crippen LogP contribution in [0.3, 0.4) is 0 Å². The Balaban J connectivity index is 0.000000362. The van der Waals surface area contributed by atoms with Gasteiger partial charge in [-0.15, -0.1) is 0 Å². The van der Waals surface area contributed by atoms with E-state index in [1.165, 1.54) is 95.6 Å². The quantitative estimate of drug-likeness (QED) is 0.164. The highest BCUT2D eigenvalue weighted by molar-refractivity contribution is 6.08. The molecular formula is C31H46O4. The van der Waals surface area contributed by atoms with E-state index in [1.807, 2.05) is 18.2 Å². The average Bonchev–Trinajstić information content (AvgIpc) is 2.87. The Kier molecular flexibility index (Phi) is 18.0. The van der Waals surface area contributed by atoms with Crippen LogP contribution in [0.25, 0.3) is 0 Å². The molecule has 0 heterocycles. The van der Waals surface area contributed by atoms with E-state index in [-0.39, 0.29) is 11.5 Å². The molecule has 0 aromatic heterocycles. The summed E-state index contributed by atoms with van der Waals surface area (Å²) in [5.41, 5.74) is 1.24. The van der Waals surface area contributed by atoms with Crippen molar-refractivity contribution in [3.8, 4) is 5.75 Å². The van der Waals surface area contributed by atoms with Gasteiger partial charge in [0.1, 0.15) is 5.75 Å². The molecule has 2 rings (SSSR count). The molecule has 2 N–H and O–H groups in total. The van der Waals surface area contributed by atoms with Crippen LogP contribution in [-0.2, 0) is 4.79 Å². The molecule has 0 aliphatic carbocycles. The maximum absolute atomic E-state index is 11.9. The van der Waals surface area contributed by atoms with E-state index >= 15 is 0 Å². The number of carboxylic acids is 1. The van der Waals surface area contributed by atoms with Crippen LogP contribution in [0.15, 0.2) is 54.6 Å². The summed E-state index contributed by atoms with van der Waals surface area (Å²) in [7, 11) is 0. The molecule has 0 unspecified atom stereocenters. The molecule has 35 heavy (non-hydrogen) atoms. The van der Waals surface area contributed by atoms with Crippen molar-refractivity contribution in [2.24, 2.45) is 0 Å². The van der Waals surface area contributed by atoms with Gasteiger partial charge in [-0.2, -0.15) is 0 Å². The minimum Gasteiger partial charge on any atom is -0.508 e. The lowest BCUT2D eigenvalue weighted by atomic mass is 10.0. The SMILES string of the molecule is CCCCCCCCCCCCCCCCCC(=O)O.O=C(c1ccccc1)c1ccc(O)cc1. The minimum atomic E-state index is -0.653. The number of hydrogen-bond acceptors (Lipinski definition) is 3. The number of aromatic hydroxyl groups is 1. The van der Waals surface area contributed by atoms with Crippen molar-refractivity contribution in [1.82, 2.24) is 0 Å². The van der Waals surface area contributed by atoms with Crippen LogP contribution in [-0.4, -0.2) is 22.0 Å². The number of aliphatic carboxylic acids is 1. The Hall–Kier alpha value is -2.62. The third kappa shape index (κ3) is 16.6. The summed E-state index contributed by atoms with van der Waals surface area (Å²) in [6.07, 6.45) is 20.2. The second-order valence-corrected chi connectivity index (χ2v) is 9.34. The van der Waals surface area contributed by atoms with Crippen molar-refractivity contribution in [3.05, 3.63) is 65.7 Å². The van der Waals surface area contributed by atoms with Gasteiger partial charge in [-0.1, -0.05) is 127 Å². The third-order valence-corrected chi connectivity index (χ3v) is 6.16. The van der Waals surface area contributed by atoms with Gasteiger partial charge in [-0.3, -0.25) is 9.59 Å². The summed E-state index contributed by atoms with van der Waals surface area (Å²) >= 11 is 0. The van der Waals surface area contributed by atoms with Gasteiger partial charge < -0.3 is 10.2 Å². The molecule has 0 saturated carbocycles. The lowest BCUT2D eigenvalue weighted by molar-refractivity contribution is -0.137. The number of ketones is 1. The smallest absolute Gasteiger partial charge is 0.303 e. The monoisotopic (exact) mass is 482 g/mol. The molecule has 0 aliphatic rings. The zero-order valence-corrected chi connectivity index (χ0v) is 21.7. The van der Waals surface area contributed by atoms with E-state index in [1.54, 1.807) is 24.3 Å². The van der Waals surface area contributed by atoms with E-state index in [0.717, 1.165) is 12.8 Å². The summed E-state index contributed by atoms with van der Waals surface area (Å²) in [6, 6.07) is 15.3. The van der Waals surface area contributed by atoms with Crippen molar-refractivity contribution in [2.45, 2.75) is 110 Å². The molecule has 0 amide bonds. The van der Waals surface area contributed by atoms with E-state index < -0.39 is 5.97 Å². The van der Waals surface area contributed by atoms with Crippen molar-refractivity contribution in [1.29, 1.82) is 0 Å². The maximum atomic E-state index is 11.9. The maximum Gasteiger partial charge on any atom is 0.303 e. The van der Waals surface area contributed by atoms with Gasteiger partial charge in [-0.05, 0) is 30.7 Å². The van der Waals surface area contributed by atoms with E-state index in [2.05, 4.69) is 6.92 Å². The van der Waals surface area contributed by atoms with E-state index in [4.69, 9.17) is 10.2 Å². The van der Waals surface area contributed by atoms with Crippen LogP contribution in [0.4, 0.5) is 0 Å². The van der Waals surface area contributed by atoms with Gasteiger partial charge in [0.2, 0.25) is 0 Å². The Morgan fingerprint density at radius 2 is 0.971 bits per heavy atom. The molecule has 4 nitrogen and oxygen atoms in total. The Labute approximate surface area is 212 Å². The van der Waals surface area contributed by atoms with Crippen molar-refractivity contribution in [2.75, 3.05) is 0 Å². The van der Waals surface area contributed by atoms with Gasteiger partial charge in [0.25, 0.3) is 0 Å². The largest absolute Gasteiger partial charge is 0.508 e. The van der Waals surface area contributed by atoms with Crippen LogP contribution < -0.4 is 0 Å². The molecule has 0 aliphatic heterocycles. The lowest BCUT2D eigenvalue weighted by Gasteiger charge is -2.03. The van der Waals surface area contributed by atoms with Crippen LogP contribution in [0.5, 0.6) is 5.75 Å². The van der Waals surface area contributed by atoms with Gasteiger partial charge in [0.05, 0.1) is 0 Å². The summed E-state index contributed by atoms with van der Waals surface area (Å²) in [4.78, 5) is 22.2. The highest BCUT2D eigenvalue weighted by Crippen LogP contribution is 2.15. The number of phenolic OH excluding ortho intramolecular Hbond substituents is 1. The third-order valence-electron chi connectivity index (χ3n) is 6.16. The van der Waals surface area contributed by atoms with Crippen LogP contribution >= 0.6 is 0 Å². The first-order chi connectivity index (χ1) is 17.0. The Morgan fingerprint density at radius 3 is 1.40 bits per heavy atom. The predicted octanol–water partition coefficient (Wildman–Crippen LogP) is 8.96. The predicted molar refractivity (Wildman–Crippen MR) is 145 cm³/mol. The topological polar surface area (TPSA) is 74.6 Å². The number of hydrogen-bond donors (Lipinski definition) is 2. The molecule has 0 atom stereocenters. The average molecular weight is 483 g/mol. The second-order valence-electron chi connectivity index (χ2n) is 9.34. The van der Waals surface area contributed by atoms with E-state index in [0.29, 0.717) is 17.5 Å². The highest BCUT2D eigenvalue weighted by atomic mass is 16.4. The fourth-order valence-electron chi connectivity index (χ4n) is 4.02. The van der Waals surface area contributed by atoms with Crippen LogP contribution in [0.2, 0.25) is 0 Å². The number of unbranched alkanes of at least 4 members (excludes halogenated alkanes) is 14. The summed E-state index contributed by atoms with van der Waals surface area (Å²) < 4.78 is 0. The first-order valence-electron chi connectivity index (χ1n) is 13.6. The number of carbonyl (C=O) groups is 2. The van der Waals surface area contributed by atoms with Gasteiger partial charge >= 0.3 is 5.97 Å². The van der Waals surface area contributed by atoms with Crippen molar-refractivity contribution < 1.29 is 19.8 Å². The Bertz CT molecular complexity index is 783. The number of benzene rings is 2. The first kappa shape index (κ1) is 30.4. The first-order valence-corrected chi connectivity index (χ1v) is 13.6. The number of phenols is 1. The molecule has 0 saturated heterocycles. The molecule has 2 aromatic carbocycles. The van der Waals surface area contributed by atoms with Crippen molar-refractivity contribution >= 4 is 11.8 Å². The molecule has 0 radical (unpaired) electrons. The summed E-state index contributed by atoms with van der Waals surface area (Å²) in [5.74, 6) is -0.519. The molecular weight excluding hydrogens is 436 g/mol. The standard InChI is InChI=1S/C18H36O2.C13H10O2/c1-2-3-4-5-6-7-8-9-10-11-12-13-14-15-16-17-18(19)20;14-12-8-6-11(7-9-12)13(15)10-4-2-1-3-5-10/h2-17H2,1H3,(H,19,20);1-9,14H. The van der Waals surface area contributed by atoms with Crippen LogP contribution in [0.1, 0.15) is 126 Å². The van der Waals surface area contributed by atoms with Gasteiger partial charge in [-0.25, -0.2) is 0 Å². The minimum absolute atomic E-state index is 0.0319. The van der Waals surface area contributed by atoms with Crippen molar-refractivity contribution in [3.63, 3.8) is 0 Å². The van der Waals surface area contributed by atoms with Gasteiger partial charge in [0, 0.05) is 17.5 Å². The number of carbonyl (C=O) groups excluding carboxylic acids is 1. The summed E-state index contributed by atoms with van der Waals surface area (Å²) in [5, 5.41) is 17.6. The normalized spacial score (nSPS) is 10.4. The zero-order chi connectivity index (χ0) is 25.6. The molecule has 0 bridgehead atoms. The second kappa shape index (κ2) is 20.7. The summed E-state index contributed by atoms with van der Waals surface area (Å²) in [6.45, 7) is 2.27. The molecule has 4 heteroatoms. The fourth-order valence-corrected chi connectivity index (χ4v) is 4.02.